The number of hydrogen-bond acceptors (Lipinski definition) is 1. The van der Waals surface area contributed by atoms with E-state index in [1.807, 2.05) is 36.4 Å². The molecule has 0 radical (unpaired) electrons. The predicted molar refractivity (Wildman–Crippen MR) is 88.4 cm³/mol. The first-order valence-corrected chi connectivity index (χ1v) is 7.64. The summed E-state index contributed by atoms with van der Waals surface area (Å²) in [6.45, 7) is 4.30. The molecule has 4 heteroatoms. The maximum atomic E-state index is 11.0. The van der Waals surface area contributed by atoms with E-state index in [9.17, 15) is 4.79 Å². The van der Waals surface area contributed by atoms with Crippen molar-refractivity contribution in [2.45, 2.75) is 31.7 Å². The Labute approximate surface area is 134 Å². The second kappa shape index (κ2) is 5.33. The first-order valence-electron chi connectivity index (χ1n) is 7.27. The van der Waals surface area contributed by atoms with Gasteiger partial charge in [-0.3, -0.25) is 0 Å². The van der Waals surface area contributed by atoms with Crippen molar-refractivity contribution < 1.29 is 9.90 Å². The smallest absolute Gasteiger partial charge is 0.405 e. The van der Waals surface area contributed by atoms with Crippen molar-refractivity contribution in [2.75, 3.05) is 0 Å². The molecule has 1 aliphatic carbocycles. The lowest BCUT2D eigenvalue weighted by molar-refractivity contribution is 0.188. The van der Waals surface area contributed by atoms with Gasteiger partial charge in [-0.1, -0.05) is 55.8 Å². The summed E-state index contributed by atoms with van der Waals surface area (Å²) in [5.41, 5.74) is 4.38. The molecular formula is C18H18ClNO2. The zero-order valence-electron chi connectivity index (χ0n) is 12.6. The molecular weight excluding hydrogens is 298 g/mol. The van der Waals surface area contributed by atoms with Crippen LogP contribution in [0.1, 0.15) is 37.4 Å². The fourth-order valence-corrected chi connectivity index (χ4v) is 3.49. The third-order valence-corrected chi connectivity index (χ3v) is 4.56. The third-order valence-electron chi connectivity index (χ3n) is 4.33. The lowest BCUT2D eigenvalue weighted by Gasteiger charge is -2.19. The normalized spacial score (nSPS) is 18.8. The topological polar surface area (TPSA) is 49.3 Å². The maximum absolute atomic E-state index is 11.0. The quantitative estimate of drug-likeness (QED) is 0.819. The summed E-state index contributed by atoms with van der Waals surface area (Å²) in [7, 11) is 0. The van der Waals surface area contributed by atoms with E-state index < -0.39 is 6.09 Å². The van der Waals surface area contributed by atoms with Gasteiger partial charge in [0, 0.05) is 5.02 Å². The van der Waals surface area contributed by atoms with Gasteiger partial charge in [0.2, 0.25) is 0 Å². The van der Waals surface area contributed by atoms with Crippen LogP contribution in [0.2, 0.25) is 5.02 Å². The van der Waals surface area contributed by atoms with Gasteiger partial charge in [-0.15, -0.1) is 0 Å². The molecule has 3 rings (SSSR count). The van der Waals surface area contributed by atoms with Crippen molar-refractivity contribution in [1.82, 2.24) is 5.32 Å². The lowest BCUT2D eigenvalue weighted by atomic mass is 9.85. The number of nitrogens with one attached hydrogen (secondary N) is 1. The van der Waals surface area contributed by atoms with Crippen LogP contribution < -0.4 is 5.32 Å². The average Bonchev–Trinajstić information content (AvgIpc) is 2.69. The molecule has 2 aromatic carbocycles. The SMILES string of the molecule is CC1(C)CC(NC(=O)O)c2ccc(-c3cccc(Cl)c3)cc21. The van der Waals surface area contributed by atoms with Gasteiger partial charge in [0.1, 0.15) is 0 Å². The Morgan fingerprint density at radius 3 is 2.64 bits per heavy atom. The molecule has 1 aliphatic rings. The van der Waals surface area contributed by atoms with E-state index in [4.69, 9.17) is 16.7 Å². The van der Waals surface area contributed by atoms with Crippen molar-refractivity contribution in [3.63, 3.8) is 0 Å². The Bertz CT molecular complexity index is 740. The van der Waals surface area contributed by atoms with Crippen LogP contribution >= 0.6 is 11.6 Å². The second-order valence-corrected chi connectivity index (χ2v) is 6.84. The van der Waals surface area contributed by atoms with Crippen molar-refractivity contribution in [1.29, 1.82) is 0 Å². The first-order chi connectivity index (χ1) is 10.4. The molecule has 0 aliphatic heterocycles. The highest BCUT2D eigenvalue weighted by molar-refractivity contribution is 6.30. The minimum atomic E-state index is -0.979. The Hall–Kier alpha value is -2.00. The summed E-state index contributed by atoms with van der Waals surface area (Å²) in [4.78, 5) is 11.0. The molecule has 2 aromatic rings. The molecule has 2 N–H and O–H groups in total. The molecule has 1 amide bonds. The molecule has 0 saturated carbocycles. The van der Waals surface area contributed by atoms with Crippen molar-refractivity contribution >= 4 is 17.7 Å². The van der Waals surface area contributed by atoms with E-state index in [-0.39, 0.29) is 11.5 Å². The number of carboxylic acid groups (broad SMARTS) is 1. The summed E-state index contributed by atoms with van der Waals surface area (Å²) < 4.78 is 0. The molecule has 0 aromatic heterocycles. The zero-order chi connectivity index (χ0) is 15.9. The largest absolute Gasteiger partial charge is 0.465 e. The summed E-state index contributed by atoms with van der Waals surface area (Å²) in [5, 5.41) is 12.3. The lowest BCUT2D eigenvalue weighted by Crippen LogP contribution is -2.26. The van der Waals surface area contributed by atoms with E-state index >= 15 is 0 Å². The highest BCUT2D eigenvalue weighted by Gasteiger charge is 2.37. The van der Waals surface area contributed by atoms with Gasteiger partial charge in [0.05, 0.1) is 6.04 Å². The van der Waals surface area contributed by atoms with Gasteiger partial charge >= 0.3 is 6.09 Å². The van der Waals surface area contributed by atoms with E-state index in [1.54, 1.807) is 0 Å². The number of rotatable bonds is 2. The Morgan fingerprint density at radius 1 is 1.23 bits per heavy atom. The Kier molecular flexibility index (Phi) is 3.61. The molecule has 0 heterocycles. The third kappa shape index (κ3) is 2.69. The molecule has 0 spiro atoms. The van der Waals surface area contributed by atoms with Gasteiger partial charge < -0.3 is 10.4 Å². The Balaban J connectivity index is 2.05. The summed E-state index contributed by atoms with van der Waals surface area (Å²) in [6.07, 6.45) is -0.208. The summed E-state index contributed by atoms with van der Waals surface area (Å²) in [5.74, 6) is 0. The number of benzene rings is 2. The van der Waals surface area contributed by atoms with Crippen molar-refractivity contribution in [3.05, 3.63) is 58.6 Å². The Morgan fingerprint density at radius 2 is 1.95 bits per heavy atom. The van der Waals surface area contributed by atoms with Crippen LogP contribution in [0.25, 0.3) is 11.1 Å². The minimum Gasteiger partial charge on any atom is -0.465 e. The molecule has 1 unspecified atom stereocenters. The van der Waals surface area contributed by atoms with Gasteiger partial charge in [0.25, 0.3) is 0 Å². The molecule has 0 fully saturated rings. The molecule has 114 valence electrons. The van der Waals surface area contributed by atoms with E-state index in [0.29, 0.717) is 5.02 Å². The summed E-state index contributed by atoms with van der Waals surface area (Å²) in [6, 6.07) is 13.8. The van der Waals surface area contributed by atoms with Crippen LogP contribution in [0, 0.1) is 0 Å². The van der Waals surface area contributed by atoms with Crippen LogP contribution in [-0.2, 0) is 5.41 Å². The summed E-state index contributed by atoms with van der Waals surface area (Å²) >= 11 is 6.07. The molecule has 0 saturated heterocycles. The van der Waals surface area contributed by atoms with E-state index in [0.717, 1.165) is 23.1 Å². The van der Waals surface area contributed by atoms with E-state index in [1.165, 1.54) is 5.56 Å². The van der Waals surface area contributed by atoms with Crippen molar-refractivity contribution in [2.24, 2.45) is 0 Å². The average molecular weight is 316 g/mol. The molecule has 22 heavy (non-hydrogen) atoms. The molecule has 3 nitrogen and oxygen atoms in total. The van der Waals surface area contributed by atoms with Gasteiger partial charge in [0.15, 0.2) is 0 Å². The number of amides is 1. The van der Waals surface area contributed by atoms with Crippen LogP contribution in [0.15, 0.2) is 42.5 Å². The van der Waals surface area contributed by atoms with Crippen LogP contribution in [0.3, 0.4) is 0 Å². The fraction of sp³-hybridized carbons (Fsp3) is 0.278. The number of carbonyl (C=O) groups is 1. The van der Waals surface area contributed by atoms with E-state index in [2.05, 4.69) is 25.2 Å². The van der Waals surface area contributed by atoms with Crippen LogP contribution in [0.4, 0.5) is 4.79 Å². The number of hydrogen-bond donors (Lipinski definition) is 2. The fourth-order valence-electron chi connectivity index (χ4n) is 3.30. The minimum absolute atomic E-state index is 0.0585. The highest BCUT2D eigenvalue weighted by atomic mass is 35.5. The van der Waals surface area contributed by atoms with Gasteiger partial charge in [-0.05, 0) is 46.2 Å². The number of fused-ring (bicyclic) bond motifs is 1. The van der Waals surface area contributed by atoms with Gasteiger partial charge in [-0.25, -0.2) is 4.79 Å². The second-order valence-electron chi connectivity index (χ2n) is 6.40. The van der Waals surface area contributed by atoms with Crippen molar-refractivity contribution in [3.8, 4) is 11.1 Å². The number of halogens is 1. The highest BCUT2D eigenvalue weighted by Crippen LogP contribution is 2.45. The standard InChI is InChI=1S/C18H18ClNO2/c1-18(2)10-16(20-17(21)22)14-7-6-12(9-15(14)18)11-4-3-5-13(19)8-11/h3-9,16,20H,10H2,1-2H3,(H,21,22). The van der Waals surface area contributed by atoms with Crippen LogP contribution in [-0.4, -0.2) is 11.2 Å². The van der Waals surface area contributed by atoms with Gasteiger partial charge in [-0.2, -0.15) is 0 Å². The predicted octanol–water partition coefficient (Wildman–Crippen LogP) is 5.00. The molecule has 0 bridgehead atoms. The zero-order valence-corrected chi connectivity index (χ0v) is 13.3. The van der Waals surface area contributed by atoms with Crippen LogP contribution in [0.5, 0.6) is 0 Å². The molecule has 1 atom stereocenters. The first kappa shape index (κ1) is 14.9. The maximum Gasteiger partial charge on any atom is 0.405 e. The monoisotopic (exact) mass is 315 g/mol.